The van der Waals surface area contributed by atoms with Gasteiger partial charge in [0, 0.05) is 32.2 Å². The van der Waals surface area contributed by atoms with Crippen molar-refractivity contribution in [3.05, 3.63) is 0 Å². The average Bonchev–Trinajstić information content (AvgIpc) is 2.47. The molecule has 0 aromatic heterocycles. The van der Waals surface area contributed by atoms with Crippen LogP contribution in [0.15, 0.2) is 0 Å². The number of rotatable bonds is 4. The average molecular weight is 267 g/mol. The highest BCUT2D eigenvalue weighted by Gasteiger charge is 2.24. The molecule has 2 heterocycles. The van der Waals surface area contributed by atoms with Crippen LogP contribution in [-0.4, -0.2) is 72.5 Å². The first kappa shape index (κ1) is 14.8. The summed E-state index contributed by atoms with van der Waals surface area (Å²) >= 11 is 0. The van der Waals surface area contributed by atoms with E-state index in [-0.39, 0.29) is 0 Å². The summed E-state index contributed by atoms with van der Waals surface area (Å²) in [6, 6.07) is 0.652. The van der Waals surface area contributed by atoms with Crippen LogP contribution in [0.25, 0.3) is 0 Å². The normalized spacial score (nSPS) is 24.4. The van der Waals surface area contributed by atoms with Gasteiger partial charge < -0.3 is 4.90 Å². The molecule has 19 heavy (non-hydrogen) atoms. The highest BCUT2D eigenvalue weighted by molar-refractivity contribution is 5.78. The second-order valence-corrected chi connectivity index (χ2v) is 6.01. The highest BCUT2D eigenvalue weighted by atomic mass is 16.2. The van der Waals surface area contributed by atoms with E-state index < -0.39 is 0 Å². The Morgan fingerprint density at radius 1 is 1.00 bits per heavy atom. The molecule has 0 N–H and O–H groups in total. The molecule has 0 radical (unpaired) electrons. The molecule has 1 atom stereocenters. The minimum atomic E-state index is 0.339. The number of piperazine rings is 1. The Balaban J connectivity index is 1.72. The lowest BCUT2D eigenvalue weighted by Gasteiger charge is -2.38. The lowest BCUT2D eigenvalue weighted by molar-refractivity contribution is -0.134. The third-order valence-electron chi connectivity index (χ3n) is 4.69. The van der Waals surface area contributed by atoms with Crippen molar-refractivity contribution < 1.29 is 4.79 Å². The van der Waals surface area contributed by atoms with Crippen molar-refractivity contribution in [2.24, 2.45) is 0 Å². The summed E-state index contributed by atoms with van der Waals surface area (Å²) in [5, 5.41) is 0. The maximum Gasteiger partial charge on any atom is 0.236 e. The first-order valence-electron chi connectivity index (χ1n) is 7.95. The molecule has 1 amide bonds. The molecule has 2 saturated heterocycles. The summed E-state index contributed by atoms with van der Waals surface area (Å²) in [6.45, 7) is 11.3. The molecule has 2 aliphatic heterocycles. The van der Waals surface area contributed by atoms with Crippen LogP contribution >= 0.6 is 0 Å². The smallest absolute Gasteiger partial charge is 0.236 e. The molecule has 110 valence electrons. The lowest BCUT2D eigenvalue weighted by atomic mass is 10.1. The Morgan fingerprint density at radius 3 is 2.21 bits per heavy atom. The number of amides is 1. The van der Waals surface area contributed by atoms with E-state index in [0.29, 0.717) is 18.5 Å². The van der Waals surface area contributed by atoms with Crippen LogP contribution in [0.1, 0.15) is 39.5 Å². The van der Waals surface area contributed by atoms with Crippen molar-refractivity contribution in [3.63, 3.8) is 0 Å². The van der Waals surface area contributed by atoms with Crippen LogP contribution in [0.2, 0.25) is 0 Å². The van der Waals surface area contributed by atoms with E-state index >= 15 is 0 Å². The minimum Gasteiger partial charge on any atom is -0.339 e. The van der Waals surface area contributed by atoms with E-state index in [9.17, 15) is 4.79 Å². The van der Waals surface area contributed by atoms with Gasteiger partial charge in [-0.05, 0) is 39.3 Å². The van der Waals surface area contributed by atoms with Gasteiger partial charge in [0.2, 0.25) is 5.91 Å². The molecular formula is C15H29N3O. The molecule has 0 aromatic carbocycles. The monoisotopic (exact) mass is 267 g/mol. The largest absolute Gasteiger partial charge is 0.339 e. The van der Waals surface area contributed by atoms with Crippen molar-refractivity contribution in [2.45, 2.75) is 45.6 Å². The zero-order valence-electron chi connectivity index (χ0n) is 12.6. The Morgan fingerprint density at radius 2 is 1.63 bits per heavy atom. The van der Waals surface area contributed by atoms with Gasteiger partial charge in [0.1, 0.15) is 0 Å². The van der Waals surface area contributed by atoms with Gasteiger partial charge in [0.05, 0.1) is 6.54 Å². The molecule has 0 aliphatic carbocycles. The van der Waals surface area contributed by atoms with Crippen molar-refractivity contribution in [1.82, 2.24) is 14.7 Å². The molecule has 0 bridgehead atoms. The summed E-state index contributed by atoms with van der Waals surface area (Å²) in [5.41, 5.74) is 0. The van der Waals surface area contributed by atoms with Crippen LogP contribution in [0.5, 0.6) is 0 Å². The molecule has 0 spiro atoms. The van der Waals surface area contributed by atoms with Gasteiger partial charge in [-0.3, -0.25) is 14.6 Å². The zero-order valence-corrected chi connectivity index (χ0v) is 12.6. The molecule has 2 aliphatic rings. The van der Waals surface area contributed by atoms with E-state index in [1.165, 1.54) is 25.7 Å². The number of piperidine rings is 1. The Hall–Kier alpha value is -0.610. The lowest BCUT2D eigenvalue weighted by Crippen LogP contribution is -2.53. The van der Waals surface area contributed by atoms with Crippen molar-refractivity contribution in [3.8, 4) is 0 Å². The number of nitrogens with zero attached hydrogens (tertiary/aromatic N) is 3. The van der Waals surface area contributed by atoms with Gasteiger partial charge in [-0.15, -0.1) is 0 Å². The van der Waals surface area contributed by atoms with E-state index in [1.54, 1.807) is 0 Å². The van der Waals surface area contributed by atoms with Gasteiger partial charge in [-0.1, -0.05) is 13.3 Å². The molecule has 0 saturated carbocycles. The molecule has 2 rings (SSSR count). The third-order valence-corrected chi connectivity index (χ3v) is 4.69. The third kappa shape index (κ3) is 4.18. The second kappa shape index (κ2) is 7.25. The second-order valence-electron chi connectivity index (χ2n) is 6.01. The summed E-state index contributed by atoms with van der Waals surface area (Å²) in [6.07, 6.45) is 5.05. The number of hydrogen-bond donors (Lipinski definition) is 0. The Labute approximate surface area is 117 Å². The number of hydrogen-bond acceptors (Lipinski definition) is 3. The van der Waals surface area contributed by atoms with E-state index in [4.69, 9.17) is 0 Å². The molecule has 0 aromatic rings. The molecule has 4 nitrogen and oxygen atoms in total. The minimum absolute atomic E-state index is 0.339. The maximum absolute atomic E-state index is 12.3. The van der Waals surface area contributed by atoms with Crippen molar-refractivity contribution >= 4 is 5.91 Å². The molecule has 4 heteroatoms. The van der Waals surface area contributed by atoms with Gasteiger partial charge >= 0.3 is 0 Å². The predicted molar refractivity (Wildman–Crippen MR) is 78.2 cm³/mol. The van der Waals surface area contributed by atoms with Crippen LogP contribution in [0.3, 0.4) is 0 Å². The first-order valence-corrected chi connectivity index (χ1v) is 7.95. The molecular weight excluding hydrogens is 238 g/mol. The van der Waals surface area contributed by atoms with Gasteiger partial charge in [-0.25, -0.2) is 0 Å². The van der Waals surface area contributed by atoms with Gasteiger partial charge in [0.25, 0.3) is 0 Å². The standard InChI is InChI=1S/C15H29N3O/c1-3-14(2)17-9-11-18(12-10-17)15(19)13-16-7-5-4-6-8-16/h14H,3-13H2,1-2H3. The fourth-order valence-corrected chi connectivity index (χ4v) is 3.08. The summed E-state index contributed by atoms with van der Waals surface area (Å²) in [5.74, 6) is 0.339. The number of likely N-dealkylation sites (tertiary alicyclic amines) is 1. The number of carbonyl (C=O) groups is 1. The van der Waals surface area contributed by atoms with Crippen molar-refractivity contribution in [1.29, 1.82) is 0 Å². The van der Waals surface area contributed by atoms with Crippen LogP contribution in [0.4, 0.5) is 0 Å². The summed E-state index contributed by atoms with van der Waals surface area (Å²) < 4.78 is 0. The highest BCUT2D eigenvalue weighted by Crippen LogP contribution is 2.11. The van der Waals surface area contributed by atoms with Crippen molar-refractivity contribution in [2.75, 3.05) is 45.8 Å². The summed E-state index contributed by atoms with van der Waals surface area (Å²) in [4.78, 5) is 19.2. The van der Waals surface area contributed by atoms with Crippen LogP contribution in [-0.2, 0) is 4.79 Å². The van der Waals surface area contributed by atoms with E-state index in [0.717, 1.165) is 39.3 Å². The maximum atomic E-state index is 12.3. The Kier molecular flexibility index (Phi) is 5.64. The van der Waals surface area contributed by atoms with Gasteiger partial charge in [0.15, 0.2) is 0 Å². The Bertz CT molecular complexity index is 281. The van der Waals surface area contributed by atoms with Crippen LogP contribution in [0, 0.1) is 0 Å². The predicted octanol–water partition coefficient (Wildman–Crippen LogP) is 1.42. The van der Waals surface area contributed by atoms with Crippen LogP contribution < -0.4 is 0 Å². The fourth-order valence-electron chi connectivity index (χ4n) is 3.08. The quantitative estimate of drug-likeness (QED) is 0.771. The molecule has 1 unspecified atom stereocenters. The SMILES string of the molecule is CCC(C)N1CCN(C(=O)CN2CCCCC2)CC1. The fraction of sp³-hybridized carbons (Fsp3) is 0.933. The van der Waals surface area contributed by atoms with E-state index in [1.807, 2.05) is 0 Å². The number of carbonyl (C=O) groups excluding carboxylic acids is 1. The summed E-state index contributed by atoms with van der Waals surface area (Å²) in [7, 11) is 0. The topological polar surface area (TPSA) is 26.8 Å². The van der Waals surface area contributed by atoms with Gasteiger partial charge in [-0.2, -0.15) is 0 Å². The molecule has 2 fully saturated rings. The zero-order chi connectivity index (χ0) is 13.7. The first-order chi connectivity index (χ1) is 9.20. The van der Waals surface area contributed by atoms with E-state index in [2.05, 4.69) is 28.5 Å².